The van der Waals surface area contributed by atoms with Crippen LogP contribution in [-0.4, -0.2) is 18.1 Å². The highest BCUT2D eigenvalue weighted by atomic mass is 35.5. The average molecular weight is 351 g/mol. The Bertz CT molecular complexity index is 725. The van der Waals surface area contributed by atoms with E-state index in [1.165, 1.54) is 12.1 Å². The van der Waals surface area contributed by atoms with E-state index in [2.05, 4.69) is 5.32 Å². The van der Waals surface area contributed by atoms with Crippen LogP contribution in [0.5, 0.6) is 0 Å². The first-order valence-corrected chi connectivity index (χ1v) is 7.55. The number of nitrogens with two attached hydrogens (primary N) is 1. The second kappa shape index (κ2) is 8.31. The van der Waals surface area contributed by atoms with Gasteiger partial charge in [-0.15, -0.1) is 0 Å². The molecular formula is C17H16ClFN2O3. The molecule has 0 aliphatic rings. The fraction of sp³-hybridized carbons (Fsp3) is 0.176. The van der Waals surface area contributed by atoms with Gasteiger partial charge in [-0.25, -0.2) is 9.18 Å². The van der Waals surface area contributed by atoms with Crippen molar-refractivity contribution in [1.29, 1.82) is 0 Å². The Morgan fingerprint density at radius 1 is 1.17 bits per heavy atom. The Morgan fingerprint density at radius 3 is 2.54 bits per heavy atom. The van der Waals surface area contributed by atoms with E-state index in [1.54, 1.807) is 30.3 Å². The normalized spacial score (nSPS) is 11.6. The maximum atomic E-state index is 13.8. The zero-order valence-electron chi connectivity index (χ0n) is 12.7. The highest BCUT2D eigenvalue weighted by Crippen LogP contribution is 2.17. The van der Waals surface area contributed by atoms with E-state index in [0.717, 1.165) is 5.56 Å². The van der Waals surface area contributed by atoms with Crippen molar-refractivity contribution in [2.45, 2.75) is 19.1 Å². The Labute approximate surface area is 143 Å². The van der Waals surface area contributed by atoms with Gasteiger partial charge in [0.1, 0.15) is 5.82 Å². The fourth-order valence-electron chi connectivity index (χ4n) is 2.14. The highest BCUT2D eigenvalue weighted by Gasteiger charge is 2.22. The molecule has 2 aromatic rings. The molecule has 0 saturated heterocycles. The third-order valence-electron chi connectivity index (χ3n) is 3.30. The van der Waals surface area contributed by atoms with Crippen molar-refractivity contribution < 1.29 is 18.7 Å². The minimum Gasteiger partial charge on any atom is -0.436 e. The molecule has 0 spiro atoms. The summed E-state index contributed by atoms with van der Waals surface area (Å²) in [5.41, 5.74) is 6.05. The average Bonchev–Trinajstić information content (AvgIpc) is 2.56. The van der Waals surface area contributed by atoms with Crippen molar-refractivity contribution in [2.75, 3.05) is 0 Å². The van der Waals surface area contributed by atoms with Crippen LogP contribution in [0.2, 0.25) is 5.02 Å². The lowest BCUT2D eigenvalue weighted by atomic mass is 10.1. The van der Waals surface area contributed by atoms with Crippen LogP contribution in [0, 0.1) is 5.82 Å². The van der Waals surface area contributed by atoms with Gasteiger partial charge in [-0.05, 0) is 11.6 Å². The van der Waals surface area contributed by atoms with Crippen LogP contribution in [0.25, 0.3) is 0 Å². The fourth-order valence-corrected chi connectivity index (χ4v) is 2.33. The summed E-state index contributed by atoms with van der Waals surface area (Å²) < 4.78 is 18.7. The third kappa shape index (κ3) is 4.96. The van der Waals surface area contributed by atoms with Gasteiger partial charge >= 0.3 is 6.09 Å². The molecule has 5 nitrogen and oxygen atoms in total. The summed E-state index contributed by atoms with van der Waals surface area (Å²) in [6, 6.07) is 13.5. The molecule has 0 heterocycles. The Kier molecular flexibility index (Phi) is 6.14. The molecule has 2 aromatic carbocycles. The van der Waals surface area contributed by atoms with Crippen LogP contribution in [0.1, 0.15) is 11.1 Å². The molecule has 0 aliphatic heterocycles. The number of ether oxygens (including phenoxy) is 1. The van der Waals surface area contributed by atoms with E-state index in [-0.39, 0.29) is 23.6 Å². The Hall–Kier alpha value is -2.60. The van der Waals surface area contributed by atoms with Crippen molar-refractivity contribution >= 4 is 23.6 Å². The Balaban J connectivity index is 2.04. The molecule has 1 unspecified atom stereocenters. The summed E-state index contributed by atoms with van der Waals surface area (Å²) in [6.45, 7) is -0.0847. The minimum atomic E-state index is -1.10. The van der Waals surface area contributed by atoms with E-state index in [4.69, 9.17) is 22.1 Å². The monoisotopic (exact) mass is 350 g/mol. The third-order valence-corrected chi connectivity index (χ3v) is 3.59. The second-order valence-electron chi connectivity index (χ2n) is 5.05. The Morgan fingerprint density at radius 2 is 1.88 bits per heavy atom. The van der Waals surface area contributed by atoms with Gasteiger partial charge in [-0.3, -0.25) is 4.79 Å². The number of amides is 2. The predicted molar refractivity (Wildman–Crippen MR) is 87.9 cm³/mol. The molecule has 0 fully saturated rings. The molecule has 0 bridgehead atoms. The lowest BCUT2D eigenvalue weighted by Gasteiger charge is -2.17. The first-order valence-electron chi connectivity index (χ1n) is 7.18. The zero-order chi connectivity index (χ0) is 17.5. The number of halogens is 2. The maximum absolute atomic E-state index is 13.8. The van der Waals surface area contributed by atoms with Crippen molar-refractivity contribution in [3.8, 4) is 0 Å². The van der Waals surface area contributed by atoms with Crippen LogP contribution in [0.4, 0.5) is 9.18 Å². The zero-order valence-corrected chi connectivity index (χ0v) is 13.4. The smallest absolute Gasteiger partial charge is 0.405 e. The van der Waals surface area contributed by atoms with Crippen molar-refractivity contribution in [3.05, 3.63) is 70.5 Å². The van der Waals surface area contributed by atoms with Gasteiger partial charge in [0.05, 0.1) is 5.02 Å². The molecular weight excluding hydrogens is 335 g/mol. The SMILES string of the molecule is NC(=O)OC(Cc1ccccc1)C(=O)NCc1cccc(Cl)c1F. The van der Waals surface area contributed by atoms with Gasteiger partial charge in [0.15, 0.2) is 6.10 Å². The molecule has 7 heteroatoms. The van der Waals surface area contributed by atoms with Gasteiger partial charge in [0.25, 0.3) is 5.91 Å². The van der Waals surface area contributed by atoms with Crippen LogP contribution in [-0.2, 0) is 22.5 Å². The van der Waals surface area contributed by atoms with Crippen molar-refractivity contribution in [3.63, 3.8) is 0 Å². The van der Waals surface area contributed by atoms with E-state index in [9.17, 15) is 14.0 Å². The van der Waals surface area contributed by atoms with Gasteiger partial charge < -0.3 is 15.8 Å². The molecule has 2 rings (SSSR count). The second-order valence-corrected chi connectivity index (χ2v) is 5.45. The summed E-state index contributed by atoms with van der Waals surface area (Å²) >= 11 is 5.69. The van der Waals surface area contributed by atoms with E-state index < -0.39 is 23.9 Å². The van der Waals surface area contributed by atoms with Crippen molar-refractivity contribution in [1.82, 2.24) is 5.32 Å². The van der Waals surface area contributed by atoms with Gasteiger partial charge in [-0.1, -0.05) is 54.1 Å². The number of primary amides is 1. The predicted octanol–water partition coefficient (Wildman–Crippen LogP) is 2.80. The summed E-state index contributed by atoms with van der Waals surface area (Å²) in [7, 11) is 0. The molecule has 3 N–H and O–H groups in total. The quantitative estimate of drug-likeness (QED) is 0.840. The highest BCUT2D eigenvalue weighted by molar-refractivity contribution is 6.30. The van der Waals surface area contributed by atoms with Gasteiger partial charge in [0.2, 0.25) is 0 Å². The number of rotatable bonds is 6. The largest absolute Gasteiger partial charge is 0.436 e. The minimum absolute atomic E-state index is 0.0315. The first kappa shape index (κ1) is 17.7. The molecule has 0 aliphatic carbocycles. The van der Waals surface area contributed by atoms with Crippen LogP contribution in [0.3, 0.4) is 0 Å². The standard InChI is InChI=1S/C17H16ClFN2O3/c18-13-8-4-7-12(15(13)19)10-21-16(22)14(24-17(20)23)9-11-5-2-1-3-6-11/h1-8,14H,9-10H2,(H2,20,23)(H,21,22). The molecule has 126 valence electrons. The maximum Gasteiger partial charge on any atom is 0.405 e. The molecule has 0 saturated carbocycles. The topological polar surface area (TPSA) is 81.4 Å². The molecule has 2 amide bonds. The molecule has 1 atom stereocenters. The van der Waals surface area contributed by atoms with Crippen molar-refractivity contribution in [2.24, 2.45) is 5.73 Å². The molecule has 0 radical (unpaired) electrons. The lowest BCUT2D eigenvalue weighted by Crippen LogP contribution is -2.40. The molecule has 0 aromatic heterocycles. The molecule has 24 heavy (non-hydrogen) atoms. The van der Waals surface area contributed by atoms with Crippen LogP contribution >= 0.6 is 11.6 Å². The van der Waals surface area contributed by atoms with Crippen LogP contribution in [0.15, 0.2) is 48.5 Å². The summed E-state index contributed by atoms with van der Waals surface area (Å²) in [5, 5.41) is 2.49. The summed E-state index contributed by atoms with van der Waals surface area (Å²) in [4.78, 5) is 23.3. The number of carbonyl (C=O) groups excluding carboxylic acids is 2. The lowest BCUT2D eigenvalue weighted by molar-refractivity contribution is -0.129. The number of nitrogens with one attached hydrogen (secondary N) is 1. The number of carbonyl (C=O) groups is 2. The van der Waals surface area contributed by atoms with E-state index >= 15 is 0 Å². The summed E-state index contributed by atoms with van der Waals surface area (Å²) in [6.07, 6.45) is -2.00. The summed E-state index contributed by atoms with van der Waals surface area (Å²) in [5.74, 6) is -1.17. The van der Waals surface area contributed by atoms with E-state index in [0.29, 0.717) is 0 Å². The van der Waals surface area contributed by atoms with Gasteiger partial charge in [-0.2, -0.15) is 0 Å². The van der Waals surface area contributed by atoms with E-state index in [1.807, 2.05) is 6.07 Å². The number of hydrogen-bond acceptors (Lipinski definition) is 3. The number of benzene rings is 2. The first-order chi connectivity index (χ1) is 11.5. The number of hydrogen-bond donors (Lipinski definition) is 2. The van der Waals surface area contributed by atoms with Crippen LogP contribution < -0.4 is 11.1 Å². The van der Waals surface area contributed by atoms with Gasteiger partial charge in [0, 0.05) is 18.5 Å².